The van der Waals surface area contributed by atoms with Gasteiger partial charge < -0.3 is 15.4 Å². The molecular weight excluding hydrogens is 202 g/mol. The highest BCUT2D eigenvalue weighted by atomic mass is 16.5. The van der Waals surface area contributed by atoms with Gasteiger partial charge in [0.05, 0.1) is 7.11 Å². The molecule has 0 fully saturated rings. The number of hydrogen-bond donors (Lipinski definition) is 2. The second-order valence-electron chi connectivity index (χ2n) is 3.72. The summed E-state index contributed by atoms with van der Waals surface area (Å²) in [7, 11) is 1.68. The van der Waals surface area contributed by atoms with Crippen LogP contribution in [0.5, 0.6) is 5.75 Å². The Morgan fingerprint density at radius 2 is 2.44 bits per heavy atom. The average Bonchev–Trinajstić information content (AvgIpc) is 2.38. The third kappa shape index (κ3) is 2.89. The zero-order valence-corrected chi connectivity index (χ0v) is 9.49. The molecule has 86 valence electrons. The highest BCUT2D eigenvalue weighted by Gasteiger charge is 2.03. The minimum absolute atomic E-state index is 0.767. The first kappa shape index (κ1) is 10.8. The van der Waals surface area contributed by atoms with Crippen LogP contribution in [0.25, 0.3) is 0 Å². The summed E-state index contributed by atoms with van der Waals surface area (Å²) < 4.78 is 5.17. The Kier molecular flexibility index (Phi) is 3.64. The van der Waals surface area contributed by atoms with Crippen molar-refractivity contribution < 1.29 is 4.74 Å². The zero-order valence-electron chi connectivity index (χ0n) is 9.49. The largest absolute Gasteiger partial charge is 0.497 e. The summed E-state index contributed by atoms with van der Waals surface area (Å²) in [4.78, 5) is 4.35. The lowest BCUT2D eigenvalue weighted by Gasteiger charge is -2.16. The van der Waals surface area contributed by atoms with Crippen LogP contribution in [0.15, 0.2) is 29.3 Å². The van der Waals surface area contributed by atoms with Crippen LogP contribution in [-0.2, 0) is 6.54 Å². The molecule has 2 rings (SSSR count). The van der Waals surface area contributed by atoms with E-state index in [1.807, 2.05) is 18.2 Å². The van der Waals surface area contributed by atoms with Gasteiger partial charge in [0, 0.05) is 19.6 Å². The van der Waals surface area contributed by atoms with Crippen molar-refractivity contribution in [1.29, 1.82) is 0 Å². The van der Waals surface area contributed by atoms with Crippen molar-refractivity contribution in [2.45, 2.75) is 13.0 Å². The molecule has 0 bridgehead atoms. The first-order valence-corrected chi connectivity index (χ1v) is 5.53. The van der Waals surface area contributed by atoms with E-state index in [-0.39, 0.29) is 0 Å². The second-order valence-corrected chi connectivity index (χ2v) is 3.72. The summed E-state index contributed by atoms with van der Waals surface area (Å²) in [5.74, 6) is 1.78. The van der Waals surface area contributed by atoms with Crippen molar-refractivity contribution in [3.63, 3.8) is 0 Å². The molecule has 0 saturated heterocycles. The molecule has 1 aliphatic heterocycles. The standard InChI is InChI=1S/C12H17N3O/c1-16-11-5-2-4-10(8-11)9-15-12-13-6-3-7-14-12/h2,4-5,8H,3,6-7,9H2,1H3,(H2,13,14,15). The van der Waals surface area contributed by atoms with Crippen LogP contribution >= 0.6 is 0 Å². The molecule has 1 aromatic carbocycles. The van der Waals surface area contributed by atoms with Gasteiger partial charge >= 0.3 is 0 Å². The normalized spacial score (nSPS) is 14.9. The maximum absolute atomic E-state index is 5.17. The molecule has 0 saturated carbocycles. The fraction of sp³-hybridized carbons (Fsp3) is 0.417. The van der Waals surface area contributed by atoms with Crippen molar-refractivity contribution in [2.24, 2.45) is 4.99 Å². The van der Waals surface area contributed by atoms with E-state index >= 15 is 0 Å². The summed E-state index contributed by atoms with van der Waals surface area (Å²) >= 11 is 0. The van der Waals surface area contributed by atoms with Crippen LogP contribution in [-0.4, -0.2) is 26.2 Å². The number of ether oxygens (including phenoxy) is 1. The summed E-state index contributed by atoms with van der Waals surface area (Å²) in [6, 6.07) is 8.03. The lowest BCUT2D eigenvalue weighted by atomic mass is 10.2. The van der Waals surface area contributed by atoms with E-state index in [0.29, 0.717) is 0 Å². The Morgan fingerprint density at radius 1 is 1.50 bits per heavy atom. The molecule has 0 atom stereocenters. The smallest absolute Gasteiger partial charge is 0.191 e. The molecule has 0 unspecified atom stereocenters. The molecule has 0 radical (unpaired) electrons. The summed E-state index contributed by atoms with van der Waals surface area (Å²) in [6.45, 7) is 2.68. The number of guanidine groups is 1. The van der Waals surface area contributed by atoms with E-state index < -0.39 is 0 Å². The van der Waals surface area contributed by atoms with Gasteiger partial charge in [0.15, 0.2) is 5.96 Å². The number of methoxy groups -OCH3 is 1. The van der Waals surface area contributed by atoms with Crippen LogP contribution in [0, 0.1) is 0 Å². The van der Waals surface area contributed by atoms with Crippen molar-refractivity contribution >= 4 is 5.96 Å². The van der Waals surface area contributed by atoms with E-state index in [2.05, 4.69) is 21.7 Å². The Bertz CT molecular complexity index is 376. The maximum Gasteiger partial charge on any atom is 0.191 e. The average molecular weight is 219 g/mol. The highest BCUT2D eigenvalue weighted by Crippen LogP contribution is 2.12. The van der Waals surface area contributed by atoms with Gasteiger partial charge in [0.2, 0.25) is 0 Å². The Balaban J connectivity index is 1.91. The summed E-state index contributed by atoms with van der Waals surface area (Å²) in [5, 5.41) is 6.50. The number of nitrogens with one attached hydrogen (secondary N) is 2. The molecule has 4 heteroatoms. The van der Waals surface area contributed by atoms with Gasteiger partial charge in [-0.15, -0.1) is 0 Å². The predicted octanol–water partition coefficient (Wildman–Crippen LogP) is 1.13. The SMILES string of the molecule is COc1cccc(CNC2=NCCCN2)c1. The quantitative estimate of drug-likeness (QED) is 0.801. The predicted molar refractivity (Wildman–Crippen MR) is 64.8 cm³/mol. The first-order chi connectivity index (χ1) is 7.88. The first-order valence-electron chi connectivity index (χ1n) is 5.53. The van der Waals surface area contributed by atoms with Gasteiger partial charge in [0.1, 0.15) is 5.75 Å². The number of aliphatic imine (C=N–C) groups is 1. The molecule has 16 heavy (non-hydrogen) atoms. The molecular formula is C12H17N3O. The Morgan fingerprint density at radius 3 is 3.19 bits per heavy atom. The number of hydrogen-bond acceptors (Lipinski definition) is 4. The van der Waals surface area contributed by atoms with Crippen LogP contribution in [0.4, 0.5) is 0 Å². The fourth-order valence-corrected chi connectivity index (χ4v) is 1.62. The van der Waals surface area contributed by atoms with E-state index in [1.165, 1.54) is 5.56 Å². The van der Waals surface area contributed by atoms with Crippen LogP contribution in [0.3, 0.4) is 0 Å². The van der Waals surface area contributed by atoms with Crippen molar-refractivity contribution in [3.05, 3.63) is 29.8 Å². The van der Waals surface area contributed by atoms with Gasteiger partial charge in [-0.25, -0.2) is 0 Å². The fourth-order valence-electron chi connectivity index (χ4n) is 1.62. The van der Waals surface area contributed by atoms with Crippen molar-refractivity contribution in [2.75, 3.05) is 20.2 Å². The topological polar surface area (TPSA) is 45.6 Å². The van der Waals surface area contributed by atoms with Gasteiger partial charge in [-0.1, -0.05) is 12.1 Å². The molecule has 0 amide bonds. The van der Waals surface area contributed by atoms with Crippen LogP contribution in [0.2, 0.25) is 0 Å². The molecule has 4 nitrogen and oxygen atoms in total. The van der Waals surface area contributed by atoms with Crippen LogP contribution < -0.4 is 15.4 Å². The van der Waals surface area contributed by atoms with Crippen molar-refractivity contribution in [3.8, 4) is 5.75 Å². The van der Waals surface area contributed by atoms with Crippen LogP contribution in [0.1, 0.15) is 12.0 Å². The minimum Gasteiger partial charge on any atom is -0.497 e. The van der Waals surface area contributed by atoms with Gasteiger partial charge in [-0.2, -0.15) is 0 Å². The summed E-state index contributed by atoms with van der Waals surface area (Å²) in [6.07, 6.45) is 1.12. The zero-order chi connectivity index (χ0) is 11.2. The molecule has 1 aromatic rings. The molecule has 1 aliphatic rings. The van der Waals surface area contributed by atoms with E-state index in [9.17, 15) is 0 Å². The lowest BCUT2D eigenvalue weighted by molar-refractivity contribution is 0.414. The van der Waals surface area contributed by atoms with E-state index in [0.717, 1.165) is 37.8 Å². The molecule has 2 N–H and O–H groups in total. The molecule has 0 aromatic heterocycles. The van der Waals surface area contributed by atoms with Gasteiger partial charge in [-0.05, 0) is 24.1 Å². The highest BCUT2D eigenvalue weighted by molar-refractivity contribution is 5.80. The number of nitrogens with zero attached hydrogens (tertiary/aromatic N) is 1. The van der Waals surface area contributed by atoms with E-state index in [1.54, 1.807) is 7.11 Å². The minimum atomic E-state index is 0.767. The monoisotopic (exact) mass is 219 g/mol. The maximum atomic E-state index is 5.17. The third-order valence-corrected chi connectivity index (χ3v) is 2.49. The second kappa shape index (κ2) is 5.39. The van der Waals surface area contributed by atoms with Crippen molar-refractivity contribution in [1.82, 2.24) is 10.6 Å². The molecule has 0 aliphatic carbocycles. The number of benzene rings is 1. The van der Waals surface area contributed by atoms with E-state index in [4.69, 9.17) is 4.74 Å². The van der Waals surface area contributed by atoms with Gasteiger partial charge in [-0.3, -0.25) is 4.99 Å². The number of rotatable bonds is 3. The Labute approximate surface area is 95.7 Å². The summed E-state index contributed by atoms with van der Waals surface area (Å²) in [5.41, 5.74) is 1.19. The molecule has 0 spiro atoms. The Hall–Kier alpha value is -1.71. The third-order valence-electron chi connectivity index (χ3n) is 2.49. The lowest BCUT2D eigenvalue weighted by Crippen LogP contribution is -2.40. The molecule has 1 heterocycles. The van der Waals surface area contributed by atoms with Gasteiger partial charge in [0.25, 0.3) is 0 Å².